The van der Waals surface area contributed by atoms with Gasteiger partial charge in [-0.3, -0.25) is 4.79 Å². The largest absolute Gasteiger partial charge is 0.573 e. The molecule has 0 N–H and O–H groups in total. The summed E-state index contributed by atoms with van der Waals surface area (Å²) >= 11 is 0. The number of esters is 1. The number of aromatic nitrogens is 2. The zero-order chi connectivity index (χ0) is 26.3. The number of halogens is 3. The van der Waals surface area contributed by atoms with Crippen LogP contribution in [0.25, 0.3) is 11.4 Å². The second-order valence-corrected chi connectivity index (χ2v) is 8.48. The molecule has 9 heteroatoms. The van der Waals surface area contributed by atoms with Crippen LogP contribution in [0.1, 0.15) is 31.5 Å². The number of para-hydroxylation sites is 1. The Hall–Kier alpha value is -3.75. The van der Waals surface area contributed by atoms with Crippen LogP contribution in [0.3, 0.4) is 0 Å². The number of carbonyl (C=O) groups excluding carboxylic acids is 1. The van der Waals surface area contributed by atoms with Crippen molar-refractivity contribution < 1.29 is 32.2 Å². The Labute approximate surface area is 208 Å². The molecule has 0 aliphatic carbocycles. The first kappa shape index (κ1) is 26.8. The van der Waals surface area contributed by atoms with Crippen molar-refractivity contribution in [1.82, 2.24) is 9.55 Å². The standard InChI is InChI=1S/C27H29F3N2O4/c1-18(15-19(2)26(33)34-4)13-14-35-24-8-6-5-7-22(24)17-32-20(3)16-31-25(32)21-9-11-23(12-10-21)36-27(28,29)30/h5-13,16,19H,14-15,17H2,1-4H3/b18-13+. The summed E-state index contributed by atoms with van der Waals surface area (Å²) in [5, 5.41) is 0. The smallest absolute Gasteiger partial charge is 0.489 e. The quantitative estimate of drug-likeness (QED) is 0.240. The van der Waals surface area contributed by atoms with Crippen LogP contribution >= 0.6 is 0 Å². The van der Waals surface area contributed by atoms with Crippen molar-refractivity contribution in [1.29, 1.82) is 0 Å². The van der Waals surface area contributed by atoms with Crippen LogP contribution in [0, 0.1) is 12.8 Å². The lowest BCUT2D eigenvalue weighted by Crippen LogP contribution is -2.17. The molecule has 0 amide bonds. The monoisotopic (exact) mass is 502 g/mol. The fourth-order valence-corrected chi connectivity index (χ4v) is 3.77. The number of carbonyl (C=O) groups is 1. The van der Waals surface area contributed by atoms with Crippen molar-refractivity contribution in [2.45, 2.75) is 40.1 Å². The van der Waals surface area contributed by atoms with E-state index >= 15 is 0 Å². The topological polar surface area (TPSA) is 62.6 Å². The number of imidazole rings is 1. The Morgan fingerprint density at radius 2 is 1.83 bits per heavy atom. The van der Waals surface area contributed by atoms with E-state index < -0.39 is 6.36 Å². The van der Waals surface area contributed by atoms with Crippen LogP contribution in [0.4, 0.5) is 13.2 Å². The molecule has 3 rings (SSSR count). The molecule has 0 spiro atoms. The van der Waals surface area contributed by atoms with Crippen molar-refractivity contribution in [3.05, 3.63) is 77.6 Å². The minimum absolute atomic E-state index is 0.227. The average Bonchev–Trinajstić information content (AvgIpc) is 3.19. The van der Waals surface area contributed by atoms with E-state index in [1.54, 1.807) is 18.3 Å². The normalized spacial score (nSPS) is 12.8. The maximum atomic E-state index is 12.5. The summed E-state index contributed by atoms with van der Waals surface area (Å²) in [6.45, 7) is 6.48. The Bertz CT molecular complexity index is 1200. The maximum absolute atomic E-state index is 12.5. The van der Waals surface area contributed by atoms with Gasteiger partial charge in [0.2, 0.25) is 0 Å². The lowest BCUT2D eigenvalue weighted by atomic mass is 10.0. The molecule has 2 aromatic carbocycles. The SMILES string of the molecule is COC(=O)C(C)C/C(C)=C/COc1ccccc1Cn1c(C)cnc1-c1ccc(OC(F)(F)F)cc1. The van der Waals surface area contributed by atoms with Gasteiger partial charge in [-0.25, -0.2) is 4.98 Å². The number of alkyl halides is 3. The number of nitrogens with zero attached hydrogens (tertiary/aromatic N) is 2. The highest BCUT2D eigenvalue weighted by atomic mass is 19.4. The van der Waals surface area contributed by atoms with Gasteiger partial charge < -0.3 is 18.8 Å². The molecule has 0 saturated heterocycles. The molecular weight excluding hydrogens is 473 g/mol. The first-order valence-corrected chi connectivity index (χ1v) is 11.4. The molecule has 1 heterocycles. The van der Waals surface area contributed by atoms with Crippen molar-refractivity contribution in [3.63, 3.8) is 0 Å². The van der Waals surface area contributed by atoms with Crippen molar-refractivity contribution in [2.75, 3.05) is 13.7 Å². The summed E-state index contributed by atoms with van der Waals surface area (Å²) in [6.07, 6.45) is -0.502. The summed E-state index contributed by atoms with van der Waals surface area (Å²) in [7, 11) is 1.38. The van der Waals surface area contributed by atoms with Crippen molar-refractivity contribution in [2.24, 2.45) is 5.92 Å². The first-order valence-electron chi connectivity index (χ1n) is 11.4. The number of hydrogen-bond acceptors (Lipinski definition) is 5. The van der Waals surface area contributed by atoms with Crippen LogP contribution in [-0.2, 0) is 16.1 Å². The number of aryl methyl sites for hydroxylation is 1. The van der Waals surface area contributed by atoms with Gasteiger partial charge in [0, 0.05) is 23.0 Å². The van der Waals surface area contributed by atoms with Crippen LogP contribution in [-0.4, -0.2) is 35.6 Å². The highest BCUT2D eigenvalue weighted by molar-refractivity contribution is 5.72. The number of methoxy groups -OCH3 is 1. The Kier molecular flexibility index (Phi) is 8.79. The fourth-order valence-electron chi connectivity index (χ4n) is 3.77. The third-order valence-electron chi connectivity index (χ3n) is 5.60. The van der Waals surface area contributed by atoms with Gasteiger partial charge in [0.25, 0.3) is 0 Å². The second kappa shape index (κ2) is 11.8. The zero-order valence-corrected chi connectivity index (χ0v) is 20.6. The minimum Gasteiger partial charge on any atom is -0.489 e. The molecule has 0 saturated carbocycles. The van der Waals surface area contributed by atoms with Gasteiger partial charge in [-0.15, -0.1) is 13.2 Å². The number of ether oxygens (including phenoxy) is 3. The van der Waals surface area contributed by atoms with Crippen molar-refractivity contribution >= 4 is 5.97 Å². The van der Waals surface area contributed by atoms with Gasteiger partial charge in [0.05, 0.1) is 19.6 Å². The van der Waals surface area contributed by atoms with E-state index in [0.29, 0.717) is 36.7 Å². The summed E-state index contributed by atoms with van der Waals surface area (Å²) in [5.41, 5.74) is 3.50. The molecule has 36 heavy (non-hydrogen) atoms. The number of hydrogen-bond donors (Lipinski definition) is 0. The number of rotatable bonds is 10. The Balaban J connectivity index is 1.73. The average molecular weight is 503 g/mol. The summed E-state index contributed by atoms with van der Waals surface area (Å²) in [6, 6.07) is 13.3. The minimum atomic E-state index is -4.74. The summed E-state index contributed by atoms with van der Waals surface area (Å²) in [5.74, 6) is 0.561. The highest BCUT2D eigenvalue weighted by Gasteiger charge is 2.31. The van der Waals surface area contributed by atoms with E-state index in [9.17, 15) is 18.0 Å². The Morgan fingerprint density at radius 1 is 1.14 bits per heavy atom. The third kappa shape index (κ3) is 7.37. The van der Waals surface area contributed by atoms with Gasteiger partial charge in [-0.2, -0.15) is 0 Å². The molecule has 3 aromatic rings. The predicted molar refractivity (Wildman–Crippen MR) is 130 cm³/mol. The molecule has 0 bridgehead atoms. The summed E-state index contributed by atoms with van der Waals surface area (Å²) < 4.78 is 54.2. The molecule has 0 radical (unpaired) electrons. The van der Waals surface area contributed by atoms with Gasteiger partial charge >= 0.3 is 12.3 Å². The second-order valence-electron chi connectivity index (χ2n) is 8.48. The number of benzene rings is 2. The lowest BCUT2D eigenvalue weighted by Gasteiger charge is -2.15. The van der Waals surface area contributed by atoms with E-state index in [0.717, 1.165) is 16.8 Å². The van der Waals surface area contributed by atoms with Gasteiger partial charge in [-0.05, 0) is 56.7 Å². The van der Waals surface area contributed by atoms with Gasteiger partial charge in [0.15, 0.2) is 0 Å². The first-order chi connectivity index (χ1) is 17.1. The van der Waals surface area contributed by atoms with Gasteiger partial charge in [0.1, 0.15) is 23.9 Å². The lowest BCUT2D eigenvalue weighted by molar-refractivity contribution is -0.274. The maximum Gasteiger partial charge on any atom is 0.573 e. The molecular formula is C27H29F3N2O4. The molecule has 0 aliphatic heterocycles. The van der Waals surface area contributed by atoms with E-state index in [1.807, 2.05) is 55.7 Å². The fraction of sp³-hybridized carbons (Fsp3) is 0.333. The van der Waals surface area contributed by atoms with E-state index in [2.05, 4.69) is 9.72 Å². The number of allylic oxidation sites excluding steroid dienone is 1. The molecule has 1 atom stereocenters. The summed E-state index contributed by atoms with van der Waals surface area (Å²) in [4.78, 5) is 16.1. The predicted octanol–water partition coefficient (Wildman–Crippen LogP) is 6.33. The van der Waals surface area contributed by atoms with E-state index in [-0.39, 0.29) is 17.6 Å². The van der Waals surface area contributed by atoms with Crippen LogP contribution in [0.15, 0.2) is 66.4 Å². The molecule has 0 aliphatic rings. The molecule has 192 valence electrons. The Morgan fingerprint density at radius 3 is 2.50 bits per heavy atom. The van der Waals surface area contributed by atoms with Crippen molar-refractivity contribution in [3.8, 4) is 22.9 Å². The molecule has 0 fully saturated rings. The zero-order valence-electron chi connectivity index (χ0n) is 20.6. The highest BCUT2D eigenvalue weighted by Crippen LogP contribution is 2.28. The molecule has 1 aromatic heterocycles. The van der Waals surface area contributed by atoms with Crippen LogP contribution in [0.5, 0.6) is 11.5 Å². The third-order valence-corrected chi connectivity index (χ3v) is 5.60. The molecule has 6 nitrogen and oxygen atoms in total. The van der Waals surface area contributed by atoms with E-state index in [4.69, 9.17) is 9.47 Å². The van der Waals surface area contributed by atoms with Gasteiger partial charge in [-0.1, -0.05) is 30.7 Å². The van der Waals surface area contributed by atoms with E-state index in [1.165, 1.54) is 19.2 Å². The molecule has 1 unspecified atom stereocenters. The van der Waals surface area contributed by atoms with Crippen LogP contribution < -0.4 is 9.47 Å². The van der Waals surface area contributed by atoms with Crippen LogP contribution in [0.2, 0.25) is 0 Å².